The summed E-state index contributed by atoms with van der Waals surface area (Å²) in [6, 6.07) is 0. The van der Waals surface area contributed by atoms with Gasteiger partial charge in [-0.1, -0.05) is 79.9 Å². The highest BCUT2D eigenvalue weighted by Crippen LogP contribution is 2.83. The van der Waals surface area contributed by atoms with Gasteiger partial charge in [0, 0.05) is 5.54 Å². The molecule has 3 saturated carbocycles. The molecule has 0 bridgehead atoms. The Kier molecular flexibility index (Phi) is 7.37. The molecule has 0 amide bonds. The second-order valence-corrected chi connectivity index (χ2v) is 13.6. The minimum Gasteiger partial charge on any atom is -0.311 e. The minimum absolute atomic E-state index is 0.0308. The molecule has 196 valence electrons. The predicted molar refractivity (Wildman–Crippen MR) is 161 cm³/mol. The number of hydrogen-bond acceptors (Lipinski definition) is 1. The molecule has 4 rings (SSSR count). The first-order chi connectivity index (χ1) is 16.9. The van der Waals surface area contributed by atoms with Crippen LogP contribution in [0.4, 0.5) is 0 Å². The van der Waals surface area contributed by atoms with Crippen LogP contribution in [0, 0.1) is 28.1 Å². The highest BCUT2D eigenvalue weighted by molar-refractivity contribution is 6.39. The molecule has 1 nitrogen and oxygen atoms in total. The van der Waals surface area contributed by atoms with Crippen LogP contribution in [0.15, 0.2) is 72.4 Å². The summed E-state index contributed by atoms with van der Waals surface area (Å²) in [5.41, 5.74) is 7.97. The lowest BCUT2D eigenvalue weighted by molar-refractivity contribution is -0.171. The number of hydrogen-bond donors (Lipinski definition) is 1. The fraction of sp³-hybridized carbons (Fsp3) is 0.647. The van der Waals surface area contributed by atoms with Crippen molar-refractivity contribution in [1.82, 2.24) is 5.32 Å². The molecule has 4 aliphatic carbocycles. The summed E-state index contributed by atoms with van der Waals surface area (Å²) in [4.78, 5) is 0. The van der Waals surface area contributed by atoms with Crippen LogP contribution in [0.5, 0.6) is 0 Å². The highest BCUT2D eigenvalue weighted by Gasteiger charge is 2.76. The summed E-state index contributed by atoms with van der Waals surface area (Å²) in [7, 11) is 3.40. The summed E-state index contributed by atoms with van der Waals surface area (Å²) in [5.74, 6) is 2.10. The Balaban J connectivity index is 1.72. The summed E-state index contributed by atoms with van der Waals surface area (Å²) in [6.45, 7) is 29.2. The van der Waals surface area contributed by atoms with Crippen LogP contribution in [0.3, 0.4) is 0 Å². The molecule has 0 aliphatic heterocycles. The van der Waals surface area contributed by atoms with Gasteiger partial charge in [0.2, 0.25) is 0 Å². The van der Waals surface area contributed by atoms with Crippen molar-refractivity contribution in [3.05, 3.63) is 72.4 Å². The number of fused-ring (bicyclic) bond motifs is 2. The third-order valence-electron chi connectivity index (χ3n) is 11.7. The summed E-state index contributed by atoms with van der Waals surface area (Å²) >= 11 is 0. The second-order valence-electron chi connectivity index (χ2n) is 13.6. The number of allylic oxidation sites excluding steroid dienone is 7. The van der Waals surface area contributed by atoms with Crippen LogP contribution < -0.4 is 5.32 Å². The monoisotopic (exact) mass is 485 g/mol. The lowest BCUT2D eigenvalue weighted by atomic mass is 9.36. The van der Waals surface area contributed by atoms with Gasteiger partial charge in [-0.15, -0.1) is 6.58 Å². The second kappa shape index (κ2) is 9.65. The van der Waals surface area contributed by atoms with Crippen molar-refractivity contribution in [3.63, 3.8) is 0 Å². The third kappa shape index (κ3) is 4.11. The molecule has 36 heavy (non-hydrogen) atoms. The maximum Gasteiger partial charge on any atom is 0.131 e. The summed E-state index contributed by atoms with van der Waals surface area (Å²) in [5, 5.41) is 3.97. The van der Waals surface area contributed by atoms with Crippen LogP contribution >= 0.6 is 0 Å². The van der Waals surface area contributed by atoms with Crippen LogP contribution in [0.1, 0.15) is 86.0 Å². The van der Waals surface area contributed by atoms with E-state index in [0.717, 1.165) is 12.2 Å². The van der Waals surface area contributed by atoms with E-state index in [4.69, 9.17) is 0 Å². The zero-order valence-electron chi connectivity index (χ0n) is 24.4. The largest absolute Gasteiger partial charge is 0.311 e. The van der Waals surface area contributed by atoms with Gasteiger partial charge in [0.15, 0.2) is 0 Å². The Bertz CT molecular complexity index is 1010. The molecular formula is C34H52BN. The van der Waals surface area contributed by atoms with Gasteiger partial charge < -0.3 is 5.32 Å². The van der Waals surface area contributed by atoms with Gasteiger partial charge in [-0.3, -0.25) is 0 Å². The molecule has 4 unspecified atom stereocenters. The van der Waals surface area contributed by atoms with Crippen LogP contribution in [-0.4, -0.2) is 19.9 Å². The van der Waals surface area contributed by atoms with Crippen molar-refractivity contribution in [2.24, 2.45) is 28.1 Å². The number of rotatable bonds is 11. The Hall–Kier alpha value is -1.54. The first-order valence-corrected chi connectivity index (χ1v) is 14.6. The van der Waals surface area contributed by atoms with Crippen molar-refractivity contribution in [1.29, 1.82) is 0 Å². The van der Waals surface area contributed by atoms with Crippen molar-refractivity contribution in [2.75, 3.05) is 7.05 Å². The van der Waals surface area contributed by atoms with Crippen molar-refractivity contribution in [3.8, 4) is 0 Å². The molecule has 0 radical (unpaired) electrons. The van der Waals surface area contributed by atoms with E-state index in [9.17, 15) is 0 Å². The average molecular weight is 486 g/mol. The standard InChI is InChI=1S/C34H52BN/c1-11-27(12-2)26(8)22-35-30-14-13-25(7)18-33(30,36-10)21-29-32(17-23(3)4)16-15-31(32,9)19-28-20-34(28,29)24(5)6/h11-12,18,28-30,35-36H,1,3,5,8,13-17,19-22H2,2,4,6-7,9-10H3/b27-12+/t28?,29?,30?,31-,32-,33+,34?/m1/s1. The van der Waals surface area contributed by atoms with E-state index in [1.807, 2.05) is 6.08 Å². The van der Waals surface area contributed by atoms with E-state index in [1.165, 1.54) is 80.9 Å². The summed E-state index contributed by atoms with van der Waals surface area (Å²) in [6.07, 6.45) is 18.2. The van der Waals surface area contributed by atoms with Gasteiger partial charge in [-0.2, -0.15) is 0 Å². The van der Waals surface area contributed by atoms with Crippen LogP contribution in [-0.2, 0) is 0 Å². The van der Waals surface area contributed by atoms with Crippen molar-refractivity contribution >= 4 is 7.28 Å². The smallest absolute Gasteiger partial charge is 0.131 e. The molecular weight excluding hydrogens is 433 g/mol. The van der Waals surface area contributed by atoms with Crippen LogP contribution in [0.25, 0.3) is 0 Å². The van der Waals surface area contributed by atoms with E-state index in [0.29, 0.717) is 28.0 Å². The highest BCUT2D eigenvalue weighted by atomic mass is 15.0. The zero-order valence-corrected chi connectivity index (χ0v) is 24.4. The molecule has 7 atom stereocenters. The Morgan fingerprint density at radius 3 is 2.44 bits per heavy atom. The van der Waals surface area contributed by atoms with Gasteiger partial charge in [-0.05, 0) is 119 Å². The molecule has 1 N–H and O–H groups in total. The van der Waals surface area contributed by atoms with E-state index in [1.54, 1.807) is 5.57 Å². The fourth-order valence-corrected chi connectivity index (χ4v) is 9.59. The molecule has 2 heteroatoms. The van der Waals surface area contributed by atoms with E-state index >= 15 is 0 Å². The van der Waals surface area contributed by atoms with Crippen molar-refractivity contribution in [2.45, 2.75) is 104 Å². The maximum absolute atomic E-state index is 4.65. The van der Waals surface area contributed by atoms with Gasteiger partial charge in [0.25, 0.3) is 0 Å². The normalized spacial score (nSPS) is 41.2. The van der Waals surface area contributed by atoms with Crippen molar-refractivity contribution < 1.29 is 0 Å². The summed E-state index contributed by atoms with van der Waals surface area (Å²) < 4.78 is 0. The quantitative estimate of drug-likeness (QED) is 0.175. The molecule has 0 saturated heterocycles. The van der Waals surface area contributed by atoms with Gasteiger partial charge in [0.05, 0.1) is 0 Å². The van der Waals surface area contributed by atoms with E-state index < -0.39 is 0 Å². The lowest BCUT2D eigenvalue weighted by Crippen LogP contribution is -2.62. The molecule has 3 fully saturated rings. The van der Waals surface area contributed by atoms with Gasteiger partial charge in [0.1, 0.15) is 7.28 Å². The fourth-order valence-electron chi connectivity index (χ4n) is 9.59. The zero-order chi connectivity index (χ0) is 26.5. The first kappa shape index (κ1) is 27.5. The third-order valence-corrected chi connectivity index (χ3v) is 11.7. The number of nitrogens with one attached hydrogen (secondary N) is 1. The Morgan fingerprint density at radius 1 is 1.19 bits per heavy atom. The maximum atomic E-state index is 4.65. The lowest BCUT2D eigenvalue weighted by Gasteiger charge is -2.68. The first-order valence-electron chi connectivity index (χ1n) is 14.6. The molecule has 0 aromatic rings. The Labute approximate surface area is 223 Å². The predicted octanol–water partition coefficient (Wildman–Crippen LogP) is 8.76. The molecule has 0 aromatic carbocycles. The Morgan fingerprint density at radius 2 is 1.92 bits per heavy atom. The van der Waals surface area contributed by atoms with Crippen LogP contribution in [0.2, 0.25) is 12.1 Å². The van der Waals surface area contributed by atoms with Gasteiger partial charge >= 0.3 is 0 Å². The van der Waals surface area contributed by atoms with E-state index in [-0.39, 0.29) is 5.54 Å². The number of likely N-dealkylation sites (N-methyl/N-ethyl adjacent to an activating group) is 1. The van der Waals surface area contributed by atoms with Gasteiger partial charge in [-0.25, -0.2) is 0 Å². The topological polar surface area (TPSA) is 12.0 Å². The molecule has 0 aromatic heterocycles. The molecule has 4 aliphatic rings. The minimum atomic E-state index is 0.0308. The molecule has 0 spiro atoms. The SMILES string of the molecule is C=C/C(=C\C)C(=C)CBC1CCC(C)=C[C@@]1(CC1C2(C(=C)C)CC2C[C@@]2(C)CC[C@@]12CC(=C)C)NC. The molecule has 0 heterocycles. The average Bonchev–Trinajstić information content (AvgIpc) is 3.54. The van der Waals surface area contributed by atoms with E-state index in [2.05, 4.69) is 85.5 Å².